The van der Waals surface area contributed by atoms with Crippen LogP contribution in [0, 0.1) is 0 Å². The number of aromatic nitrogens is 1. The molecule has 1 aliphatic heterocycles. The molecule has 14 heavy (non-hydrogen) atoms. The molecule has 2 rings (SSSR count). The lowest BCUT2D eigenvalue weighted by molar-refractivity contribution is -0.0475. The summed E-state index contributed by atoms with van der Waals surface area (Å²) in [6.45, 7) is 2.60. The van der Waals surface area contributed by atoms with Gasteiger partial charge in [-0.1, -0.05) is 6.07 Å². The smallest absolute Gasteiger partial charge is 0.201 e. The van der Waals surface area contributed by atoms with E-state index in [4.69, 9.17) is 9.47 Å². The minimum Gasteiger partial charge on any atom is -0.345 e. The van der Waals surface area contributed by atoms with Crippen molar-refractivity contribution in [3.63, 3.8) is 0 Å². The highest BCUT2D eigenvalue weighted by atomic mass is 19.1. The van der Waals surface area contributed by atoms with E-state index in [2.05, 4.69) is 4.98 Å². The Morgan fingerprint density at radius 3 is 2.79 bits per heavy atom. The molecular formula is C10H12FNO2. The van der Waals surface area contributed by atoms with Gasteiger partial charge in [-0.2, -0.15) is 0 Å². The molecule has 76 valence electrons. The first-order chi connectivity index (χ1) is 6.77. The van der Waals surface area contributed by atoms with Crippen LogP contribution in [0.25, 0.3) is 0 Å². The fourth-order valence-electron chi connectivity index (χ4n) is 1.35. The van der Waals surface area contributed by atoms with Gasteiger partial charge in [-0.05, 0) is 19.1 Å². The van der Waals surface area contributed by atoms with Crippen molar-refractivity contribution in [2.75, 3.05) is 13.2 Å². The Kier molecular flexibility index (Phi) is 2.74. The summed E-state index contributed by atoms with van der Waals surface area (Å²) in [6, 6.07) is 5.20. The van der Waals surface area contributed by atoms with Gasteiger partial charge in [0.2, 0.25) is 6.29 Å². The van der Waals surface area contributed by atoms with Gasteiger partial charge in [0.1, 0.15) is 6.17 Å². The molecule has 1 saturated heterocycles. The minimum atomic E-state index is -1.06. The lowest BCUT2D eigenvalue weighted by Gasteiger charge is -2.09. The fraction of sp³-hybridized carbons (Fsp3) is 0.500. The average Bonchev–Trinajstić information content (AvgIpc) is 2.71. The van der Waals surface area contributed by atoms with E-state index in [1.54, 1.807) is 18.2 Å². The zero-order valence-corrected chi connectivity index (χ0v) is 7.94. The zero-order chi connectivity index (χ0) is 9.97. The monoisotopic (exact) mass is 197 g/mol. The lowest BCUT2D eigenvalue weighted by Crippen LogP contribution is -2.03. The molecule has 0 spiro atoms. The summed E-state index contributed by atoms with van der Waals surface area (Å²) in [4.78, 5) is 4.13. The molecule has 1 unspecified atom stereocenters. The van der Waals surface area contributed by atoms with Crippen molar-refractivity contribution in [1.82, 2.24) is 4.98 Å². The molecule has 1 fully saturated rings. The molecule has 0 N–H and O–H groups in total. The number of ether oxygens (including phenoxy) is 2. The number of rotatable bonds is 2. The summed E-state index contributed by atoms with van der Waals surface area (Å²) >= 11 is 0. The van der Waals surface area contributed by atoms with Crippen molar-refractivity contribution in [3.8, 4) is 0 Å². The second-order valence-corrected chi connectivity index (χ2v) is 3.18. The van der Waals surface area contributed by atoms with Crippen molar-refractivity contribution >= 4 is 0 Å². The van der Waals surface area contributed by atoms with Gasteiger partial charge < -0.3 is 9.47 Å². The topological polar surface area (TPSA) is 31.4 Å². The standard InChI is InChI=1S/C10H12FNO2/c1-7(11)8-3-2-4-9(12-8)10-13-5-6-14-10/h2-4,7,10H,5-6H2,1H3. The maximum atomic E-state index is 13.0. The largest absolute Gasteiger partial charge is 0.345 e. The summed E-state index contributed by atoms with van der Waals surface area (Å²) in [5, 5.41) is 0. The SMILES string of the molecule is CC(F)c1cccc(C2OCCO2)n1. The Bertz CT molecular complexity index is 311. The Labute approximate surface area is 81.9 Å². The second-order valence-electron chi connectivity index (χ2n) is 3.18. The third-order valence-corrected chi connectivity index (χ3v) is 2.06. The van der Waals surface area contributed by atoms with Gasteiger partial charge >= 0.3 is 0 Å². The van der Waals surface area contributed by atoms with E-state index < -0.39 is 12.5 Å². The molecule has 0 saturated carbocycles. The van der Waals surface area contributed by atoms with Crippen molar-refractivity contribution < 1.29 is 13.9 Å². The lowest BCUT2D eigenvalue weighted by atomic mass is 10.2. The highest BCUT2D eigenvalue weighted by molar-refractivity contribution is 5.14. The quantitative estimate of drug-likeness (QED) is 0.728. The number of hydrogen-bond acceptors (Lipinski definition) is 3. The molecule has 0 amide bonds. The van der Waals surface area contributed by atoms with E-state index in [-0.39, 0.29) is 0 Å². The Hall–Kier alpha value is -1.00. The molecular weight excluding hydrogens is 185 g/mol. The van der Waals surface area contributed by atoms with E-state index in [0.717, 1.165) is 0 Å². The third-order valence-electron chi connectivity index (χ3n) is 2.06. The summed E-state index contributed by atoms with van der Waals surface area (Å²) in [5.41, 5.74) is 1.06. The molecule has 0 aliphatic carbocycles. The van der Waals surface area contributed by atoms with Crippen LogP contribution >= 0.6 is 0 Å². The molecule has 4 heteroatoms. The maximum Gasteiger partial charge on any atom is 0.201 e. The van der Waals surface area contributed by atoms with Crippen LogP contribution in [0.3, 0.4) is 0 Å². The van der Waals surface area contributed by atoms with Crippen molar-refractivity contribution in [3.05, 3.63) is 29.6 Å². The second kappa shape index (κ2) is 4.02. The van der Waals surface area contributed by atoms with Crippen LogP contribution in [0.15, 0.2) is 18.2 Å². The minimum absolute atomic E-state index is 0.418. The summed E-state index contributed by atoms with van der Waals surface area (Å²) in [6.07, 6.45) is -1.48. The third kappa shape index (κ3) is 1.91. The van der Waals surface area contributed by atoms with E-state index in [9.17, 15) is 4.39 Å². The van der Waals surface area contributed by atoms with Gasteiger partial charge in [-0.15, -0.1) is 0 Å². The summed E-state index contributed by atoms with van der Waals surface area (Å²) in [7, 11) is 0. The first kappa shape index (κ1) is 9.55. The Morgan fingerprint density at radius 2 is 2.14 bits per heavy atom. The molecule has 1 aliphatic rings. The maximum absolute atomic E-state index is 13.0. The summed E-state index contributed by atoms with van der Waals surface area (Å²) < 4.78 is 23.5. The molecule has 1 atom stereocenters. The van der Waals surface area contributed by atoms with Gasteiger partial charge in [0.15, 0.2) is 0 Å². The molecule has 0 aromatic carbocycles. The van der Waals surface area contributed by atoms with Gasteiger partial charge in [0, 0.05) is 0 Å². The number of nitrogens with zero attached hydrogens (tertiary/aromatic N) is 1. The number of alkyl halides is 1. The average molecular weight is 197 g/mol. The van der Waals surface area contributed by atoms with Gasteiger partial charge in [0.05, 0.1) is 24.6 Å². The first-order valence-electron chi connectivity index (χ1n) is 4.61. The number of halogens is 1. The van der Waals surface area contributed by atoms with E-state index in [1.807, 2.05) is 0 Å². The van der Waals surface area contributed by atoms with Crippen LogP contribution in [0.4, 0.5) is 4.39 Å². The van der Waals surface area contributed by atoms with Crippen LogP contribution in [0.1, 0.15) is 30.8 Å². The number of pyridine rings is 1. The summed E-state index contributed by atoms with van der Waals surface area (Å²) in [5.74, 6) is 0. The van der Waals surface area contributed by atoms with E-state index in [0.29, 0.717) is 24.6 Å². The fourth-order valence-corrected chi connectivity index (χ4v) is 1.35. The molecule has 1 aromatic heterocycles. The van der Waals surface area contributed by atoms with Crippen LogP contribution in [0.5, 0.6) is 0 Å². The molecule has 0 radical (unpaired) electrons. The van der Waals surface area contributed by atoms with Crippen LogP contribution in [0.2, 0.25) is 0 Å². The van der Waals surface area contributed by atoms with Crippen LogP contribution < -0.4 is 0 Å². The zero-order valence-electron chi connectivity index (χ0n) is 7.94. The predicted octanol–water partition coefficient (Wildman–Crippen LogP) is 2.16. The Morgan fingerprint density at radius 1 is 1.43 bits per heavy atom. The highest BCUT2D eigenvalue weighted by Crippen LogP contribution is 2.23. The van der Waals surface area contributed by atoms with Gasteiger partial charge in [0.25, 0.3) is 0 Å². The van der Waals surface area contributed by atoms with Crippen molar-refractivity contribution in [2.24, 2.45) is 0 Å². The number of hydrogen-bond donors (Lipinski definition) is 0. The van der Waals surface area contributed by atoms with Crippen molar-refractivity contribution in [1.29, 1.82) is 0 Å². The van der Waals surface area contributed by atoms with Crippen LogP contribution in [-0.2, 0) is 9.47 Å². The predicted molar refractivity (Wildman–Crippen MR) is 48.4 cm³/mol. The van der Waals surface area contributed by atoms with Gasteiger partial charge in [-0.25, -0.2) is 9.37 Å². The molecule has 1 aromatic rings. The van der Waals surface area contributed by atoms with Crippen LogP contribution in [-0.4, -0.2) is 18.2 Å². The highest BCUT2D eigenvalue weighted by Gasteiger charge is 2.20. The van der Waals surface area contributed by atoms with E-state index >= 15 is 0 Å². The Balaban J connectivity index is 2.21. The van der Waals surface area contributed by atoms with E-state index in [1.165, 1.54) is 6.92 Å². The first-order valence-corrected chi connectivity index (χ1v) is 4.61. The molecule has 3 nitrogen and oxygen atoms in total. The van der Waals surface area contributed by atoms with Gasteiger partial charge in [-0.3, -0.25) is 0 Å². The normalized spacial score (nSPS) is 19.9. The molecule has 0 bridgehead atoms. The van der Waals surface area contributed by atoms with Crippen molar-refractivity contribution in [2.45, 2.75) is 19.4 Å². The molecule has 2 heterocycles.